The summed E-state index contributed by atoms with van der Waals surface area (Å²) in [5.74, 6) is 0.0139. The molecule has 0 fully saturated rings. The Hall–Kier alpha value is -2.86. The van der Waals surface area contributed by atoms with E-state index in [1.807, 2.05) is 38.1 Å². The lowest BCUT2D eigenvalue weighted by atomic mass is 9.97. The quantitative estimate of drug-likeness (QED) is 0.268. The minimum absolute atomic E-state index is 0.182. The van der Waals surface area contributed by atoms with Gasteiger partial charge in [0.05, 0.1) is 16.4 Å². The summed E-state index contributed by atoms with van der Waals surface area (Å²) in [5.41, 5.74) is 4.14. The van der Waals surface area contributed by atoms with Gasteiger partial charge >= 0.3 is 0 Å². The van der Waals surface area contributed by atoms with Gasteiger partial charge in [-0.15, -0.1) is 0 Å². The zero-order valence-corrected chi connectivity index (χ0v) is 22.7. The molecule has 4 rings (SSSR count). The van der Waals surface area contributed by atoms with Crippen LogP contribution in [0, 0.1) is 12.8 Å². The molecule has 0 radical (unpaired) electrons. The fraction of sp³-hybridized carbons (Fsp3) is 0.250. The number of carbonyl (C=O) groups excluding carboxylic acids is 1. The van der Waals surface area contributed by atoms with Crippen molar-refractivity contribution in [3.8, 4) is 22.4 Å². The van der Waals surface area contributed by atoms with E-state index in [1.165, 1.54) is 0 Å². The van der Waals surface area contributed by atoms with Crippen molar-refractivity contribution >= 4 is 57.4 Å². The van der Waals surface area contributed by atoms with Gasteiger partial charge in [-0.1, -0.05) is 67.7 Å². The van der Waals surface area contributed by atoms with Crippen molar-refractivity contribution in [2.24, 2.45) is 5.92 Å². The maximum atomic E-state index is 13.5. The molecule has 2 heterocycles. The first-order valence-electron chi connectivity index (χ1n) is 11.7. The topological polar surface area (TPSA) is 64.0 Å². The SMILES string of the molecule is CCC(=O)Nc1c(C)c(=O)n(CC(C)C)c2nc(-c3ccc(Cl)cc3Cl)c(-c3ccc(Cl)cc3)cc12. The lowest BCUT2D eigenvalue weighted by molar-refractivity contribution is -0.115. The molecule has 0 aliphatic rings. The van der Waals surface area contributed by atoms with Crippen LogP contribution in [0.5, 0.6) is 0 Å². The summed E-state index contributed by atoms with van der Waals surface area (Å²) in [6.07, 6.45) is 0.284. The second-order valence-corrected chi connectivity index (χ2v) is 10.4. The van der Waals surface area contributed by atoms with Crippen LogP contribution in [0.25, 0.3) is 33.4 Å². The first-order valence-corrected chi connectivity index (χ1v) is 12.8. The zero-order valence-electron chi connectivity index (χ0n) is 20.5. The van der Waals surface area contributed by atoms with E-state index in [4.69, 9.17) is 39.8 Å². The molecule has 0 bridgehead atoms. The summed E-state index contributed by atoms with van der Waals surface area (Å²) < 4.78 is 1.68. The molecular formula is C28H26Cl3N3O2. The fourth-order valence-electron chi connectivity index (χ4n) is 4.16. The van der Waals surface area contributed by atoms with Crippen molar-refractivity contribution in [2.45, 2.75) is 40.7 Å². The molecule has 2 aromatic carbocycles. The van der Waals surface area contributed by atoms with Crippen LogP contribution in [0.2, 0.25) is 15.1 Å². The number of aromatic nitrogens is 2. The lowest BCUT2D eigenvalue weighted by Crippen LogP contribution is -2.28. The Labute approximate surface area is 225 Å². The number of nitrogens with zero attached hydrogens (tertiary/aromatic N) is 2. The van der Waals surface area contributed by atoms with Crippen molar-refractivity contribution in [2.75, 3.05) is 5.32 Å². The summed E-state index contributed by atoms with van der Waals surface area (Å²) >= 11 is 19.0. The van der Waals surface area contributed by atoms with Crippen molar-refractivity contribution in [3.63, 3.8) is 0 Å². The monoisotopic (exact) mass is 541 g/mol. The molecule has 1 N–H and O–H groups in total. The number of hydrogen-bond acceptors (Lipinski definition) is 3. The number of hydrogen-bond donors (Lipinski definition) is 1. The van der Waals surface area contributed by atoms with E-state index in [9.17, 15) is 9.59 Å². The summed E-state index contributed by atoms with van der Waals surface area (Å²) in [4.78, 5) is 30.9. The molecule has 4 aromatic rings. The Morgan fingerprint density at radius 1 is 1.00 bits per heavy atom. The van der Waals surface area contributed by atoms with Crippen LogP contribution >= 0.6 is 34.8 Å². The van der Waals surface area contributed by atoms with Gasteiger partial charge in [0.25, 0.3) is 5.56 Å². The summed E-state index contributed by atoms with van der Waals surface area (Å²) in [6, 6.07) is 14.6. The third-order valence-corrected chi connectivity index (χ3v) is 6.74. The second-order valence-electron chi connectivity index (χ2n) is 9.10. The highest BCUT2D eigenvalue weighted by Gasteiger charge is 2.22. The lowest BCUT2D eigenvalue weighted by Gasteiger charge is -2.20. The first-order chi connectivity index (χ1) is 17.1. The van der Waals surface area contributed by atoms with E-state index >= 15 is 0 Å². The van der Waals surface area contributed by atoms with Crippen LogP contribution in [0.3, 0.4) is 0 Å². The Kier molecular flexibility index (Phi) is 7.74. The van der Waals surface area contributed by atoms with Crippen molar-refractivity contribution < 1.29 is 4.79 Å². The van der Waals surface area contributed by atoms with E-state index in [1.54, 1.807) is 42.7 Å². The number of nitrogens with one attached hydrogen (secondary N) is 1. The average Bonchev–Trinajstić information content (AvgIpc) is 2.84. The largest absolute Gasteiger partial charge is 0.325 e. The molecular weight excluding hydrogens is 517 g/mol. The summed E-state index contributed by atoms with van der Waals surface area (Å²) in [6.45, 7) is 8.05. The molecule has 0 spiro atoms. The minimum Gasteiger partial charge on any atom is -0.325 e. The predicted molar refractivity (Wildman–Crippen MR) is 150 cm³/mol. The number of benzene rings is 2. The van der Waals surface area contributed by atoms with Gasteiger partial charge in [0, 0.05) is 45.1 Å². The highest BCUT2D eigenvalue weighted by molar-refractivity contribution is 6.36. The third-order valence-electron chi connectivity index (χ3n) is 5.94. The maximum Gasteiger partial charge on any atom is 0.257 e. The van der Waals surface area contributed by atoms with Crippen molar-refractivity contribution in [1.29, 1.82) is 0 Å². The maximum absolute atomic E-state index is 13.5. The van der Waals surface area contributed by atoms with Gasteiger partial charge in [0.1, 0.15) is 5.65 Å². The molecule has 0 atom stereocenters. The molecule has 0 aliphatic heterocycles. The number of fused-ring (bicyclic) bond motifs is 1. The highest BCUT2D eigenvalue weighted by Crippen LogP contribution is 2.39. The van der Waals surface area contributed by atoms with Crippen LogP contribution in [0.4, 0.5) is 5.69 Å². The van der Waals surface area contributed by atoms with Gasteiger partial charge in [-0.05, 0) is 54.8 Å². The molecule has 0 unspecified atom stereocenters. The molecule has 1 amide bonds. The smallest absolute Gasteiger partial charge is 0.257 e. The second kappa shape index (κ2) is 10.6. The normalized spacial score (nSPS) is 11.3. The Balaban J connectivity index is 2.17. The fourth-order valence-corrected chi connectivity index (χ4v) is 4.78. The van der Waals surface area contributed by atoms with Crippen molar-refractivity contribution in [3.05, 3.63) is 79.5 Å². The number of halogens is 3. The number of amides is 1. The van der Waals surface area contributed by atoms with E-state index in [0.717, 1.165) is 11.1 Å². The van der Waals surface area contributed by atoms with Crippen LogP contribution in [0.15, 0.2) is 53.3 Å². The highest BCUT2D eigenvalue weighted by atomic mass is 35.5. The molecule has 36 heavy (non-hydrogen) atoms. The predicted octanol–water partition coefficient (Wildman–Crippen LogP) is 8.00. The van der Waals surface area contributed by atoms with Gasteiger partial charge in [0.15, 0.2) is 0 Å². The number of pyridine rings is 2. The van der Waals surface area contributed by atoms with Crippen molar-refractivity contribution in [1.82, 2.24) is 9.55 Å². The Bertz CT molecular complexity index is 1530. The van der Waals surface area contributed by atoms with Crippen LogP contribution in [0.1, 0.15) is 32.8 Å². The van der Waals surface area contributed by atoms with E-state index in [0.29, 0.717) is 55.2 Å². The van der Waals surface area contributed by atoms with Gasteiger partial charge < -0.3 is 5.32 Å². The Morgan fingerprint density at radius 3 is 2.28 bits per heavy atom. The zero-order chi connectivity index (χ0) is 26.1. The van der Waals surface area contributed by atoms with E-state index in [-0.39, 0.29) is 23.8 Å². The molecule has 0 aliphatic carbocycles. The van der Waals surface area contributed by atoms with Crippen LogP contribution in [-0.4, -0.2) is 15.5 Å². The van der Waals surface area contributed by atoms with Gasteiger partial charge in [-0.3, -0.25) is 14.2 Å². The summed E-state index contributed by atoms with van der Waals surface area (Å²) in [5, 5.41) is 5.16. The molecule has 5 nitrogen and oxygen atoms in total. The number of rotatable bonds is 6. The molecule has 0 saturated heterocycles. The molecule has 186 valence electrons. The standard InChI is InChI=1S/C28H26Cl3N3O2/c1-5-24(35)32-25-16(4)28(36)34(14-15(2)3)27-22(25)13-21(17-6-8-18(29)9-7-17)26(33-27)20-11-10-19(30)12-23(20)31/h6-13,15H,5,14H2,1-4H3,(H,32,35). The molecule has 8 heteroatoms. The van der Waals surface area contributed by atoms with E-state index in [2.05, 4.69) is 5.32 Å². The number of carbonyl (C=O) groups is 1. The Morgan fingerprint density at radius 2 is 1.67 bits per heavy atom. The van der Waals surface area contributed by atoms with Crippen LogP contribution < -0.4 is 10.9 Å². The molecule has 2 aromatic heterocycles. The van der Waals surface area contributed by atoms with Crippen LogP contribution in [-0.2, 0) is 11.3 Å². The summed E-state index contributed by atoms with van der Waals surface area (Å²) in [7, 11) is 0. The first kappa shape index (κ1) is 26.2. The minimum atomic E-state index is -0.192. The van der Waals surface area contributed by atoms with E-state index < -0.39 is 0 Å². The average molecular weight is 543 g/mol. The van der Waals surface area contributed by atoms with Gasteiger partial charge in [0.2, 0.25) is 5.91 Å². The molecule has 0 saturated carbocycles. The third kappa shape index (κ3) is 5.15. The number of anilines is 1. The van der Waals surface area contributed by atoms with Gasteiger partial charge in [-0.2, -0.15) is 0 Å². The van der Waals surface area contributed by atoms with Gasteiger partial charge in [-0.25, -0.2) is 4.98 Å².